The Kier molecular flexibility index (Phi) is 7.22. The Bertz CT molecular complexity index is 990. The van der Waals surface area contributed by atoms with Crippen molar-refractivity contribution in [3.63, 3.8) is 0 Å². The monoisotopic (exact) mass is 491 g/mol. The van der Waals surface area contributed by atoms with Crippen molar-refractivity contribution >= 4 is 5.91 Å². The largest absolute Gasteiger partial charge is 0.491 e. The van der Waals surface area contributed by atoms with E-state index >= 15 is 0 Å². The quantitative estimate of drug-likeness (QED) is 0.544. The lowest BCUT2D eigenvalue weighted by atomic mass is 9.99. The van der Waals surface area contributed by atoms with Gasteiger partial charge in [-0.15, -0.1) is 0 Å². The van der Waals surface area contributed by atoms with Crippen LogP contribution in [0.5, 0.6) is 11.6 Å². The number of hydrogen-bond donors (Lipinski definition) is 1. The zero-order valence-electron chi connectivity index (χ0n) is 17.8. The second-order valence-electron chi connectivity index (χ2n) is 7.93. The van der Waals surface area contributed by atoms with Gasteiger partial charge < -0.3 is 24.3 Å². The van der Waals surface area contributed by atoms with E-state index in [9.17, 15) is 26.7 Å². The Morgan fingerprint density at radius 2 is 2.12 bits per heavy atom. The van der Waals surface area contributed by atoms with Gasteiger partial charge >= 0.3 is 12.8 Å². The lowest BCUT2D eigenvalue weighted by Crippen LogP contribution is -2.43. The second kappa shape index (κ2) is 10.1. The van der Waals surface area contributed by atoms with Gasteiger partial charge in [0, 0.05) is 6.07 Å². The van der Waals surface area contributed by atoms with E-state index in [1.54, 1.807) is 12.1 Å². The molecule has 1 amide bonds. The first-order chi connectivity index (χ1) is 16.2. The van der Waals surface area contributed by atoms with Crippen LogP contribution in [0.25, 0.3) is 0 Å². The van der Waals surface area contributed by atoms with Gasteiger partial charge in [-0.2, -0.15) is 27.1 Å². The maximum atomic E-state index is 12.6. The van der Waals surface area contributed by atoms with Crippen molar-refractivity contribution < 1.29 is 45.7 Å². The molecule has 0 unspecified atom stereocenters. The molecule has 1 aromatic carbocycles. The molecule has 0 radical (unpaired) electrons. The Hall–Kier alpha value is -2.93. The predicted octanol–water partition coefficient (Wildman–Crippen LogP) is 2.74. The molecule has 0 bridgehead atoms. The van der Waals surface area contributed by atoms with Crippen molar-refractivity contribution in [2.75, 3.05) is 26.4 Å². The van der Waals surface area contributed by atoms with Gasteiger partial charge in [-0.3, -0.25) is 4.79 Å². The summed E-state index contributed by atoms with van der Waals surface area (Å²) in [5.41, 5.74) is 1.75. The van der Waals surface area contributed by atoms with Crippen molar-refractivity contribution in [3.05, 3.63) is 41.1 Å². The van der Waals surface area contributed by atoms with Crippen LogP contribution in [0.4, 0.5) is 22.0 Å². The summed E-state index contributed by atoms with van der Waals surface area (Å²) in [4.78, 5) is 12.6. The summed E-state index contributed by atoms with van der Waals surface area (Å²) in [5.74, 6) is 0.484. The van der Waals surface area contributed by atoms with Gasteiger partial charge in [-0.05, 0) is 30.0 Å². The molecule has 3 heterocycles. The van der Waals surface area contributed by atoms with Gasteiger partial charge in [-0.25, -0.2) is 4.68 Å². The van der Waals surface area contributed by atoms with Crippen LogP contribution in [0.2, 0.25) is 0 Å². The molecule has 2 aliphatic heterocycles. The Labute approximate surface area is 190 Å². The smallest absolute Gasteiger partial charge is 0.411 e. The molecule has 0 fully saturated rings. The summed E-state index contributed by atoms with van der Waals surface area (Å²) in [6.45, 7) is -4.13. The fourth-order valence-electron chi connectivity index (χ4n) is 3.75. The summed E-state index contributed by atoms with van der Waals surface area (Å²) >= 11 is 0. The van der Waals surface area contributed by atoms with Crippen molar-refractivity contribution in [1.29, 1.82) is 0 Å². The molecule has 2 aliphatic rings. The molecule has 2 atom stereocenters. The van der Waals surface area contributed by atoms with Gasteiger partial charge in [-0.1, -0.05) is 12.1 Å². The van der Waals surface area contributed by atoms with E-state index in [4.69, 9.17) is 9.47 Å². The van der Waals surface area contributed by atoms with Crippen molar-refractivity contribution in [1.82, 2.24) is 15.1 Å². The minimum atomic E-state index is -4.41. The minimum Gasteiger partial charge on any atom is -0.491 e. The number of alkyl halides is 5. The molecule has 1 N–H and O–H groups in total. The first kappa shape index (κ1) is 24.2. The number of carbonyl (C=O) groups is 1. The summed E-state index contributed by atoms with van der Waals surface area (Å²) in [6, 6.07) is 6.45. The van der Waals surface area contributed by atoms with Crippen LogP contribution >= 0.6 is 0 Å². The van der Waals surface area contributed by atoms with Gasteiger partial charge in [0.15, 0.2) is 5.69 Å². The molecule has 34 heavy (non-hydrogen) atoms. The van der Waals surface area contributed by atoms with Crippen LogP contribution in [0, 0.1) is 0 Å². The van der Waals surface area contributed by atoms with Crippen LogP contribution in [-0.2, 0) is 28.9 Å². The summed E-state index contributed by atoms with van der Waals surface area (Å²) in [5, 5.41) is 6.99. The number of rotatable bonds is 9. The Morgan fingerprint density at radius 3 is 2.85 bits per heavy atom. The number of hydrogen-bond acceptors (Lipinski definition) is 6. The van der Waals surface area contributed by atoms with Crippen molar-refractivity contribution in [3.8, 4) is 11.6 Å². The topological polar surface area (TPSA) is 83.8 Å². The lowest BCUT2D eigenvalue weighted by Gasteiger charge is -2.26. The third-order valence-corrected chi connectivity index (χ3v) is 5.21. The summed E-state index contributed by atoms with van der Waals surface area (Å²) in [6.07, 6.45) is -4.24. The number of nitrogens with one attached hydrogen (secondary N) is 1. The first-order valence-corrected chi connectivity index (χ1v) is 10.5. The number of ether oxygens (including phenoxy) is 4. The standard InChI is InChI=1S/C21H22F5N3O5/c22-20(23)32-4-3-12-1-2-17-13(5-12)6-14(9-33-17)27-19(30)16-7-18-29(28-16)8-15(34-18)10-31-11-21(24,25)26/h1-2,5,7,14-15,20H,3-4,6,8-11H2,(H,27,30)/t14-,15+/m1/s1. The second-order valence-corrected chi connectivity index (χ2v) is 7.93. The first-order valence-electron chi connectivity index (χ1n) is 10.5. The molecule has 1 aromatic heterocycles. The van der Waals surface area contributed by atoms with Gasteiger partial charge in [0.05, 0.1) is 25.8 Å². The Morgan fingerprint density at radius 1 is 1.29 bits per heavy atom. The van der Waals surface area contributed by atoms with E-state index in [1.807, 2.05) is 6.07 Å². The fraction of sp³-hybridized carbons (Fsp3) is 0.524. The number of fused-ring (bicyclic) bond motifs is 2. The molecule has 2 aromatic rings. The highest BCUT2D eigenvalue weighted by Crippen LogP contribution is 2.27. The van der Waals surface area contributed by atoms with Crippen LogP contribution in [-0.4, -0.2) is 67.0 Å². The van der Waals surface area contributed by atoms with E-state index in [1.165, 1.54) is 10.7 Å². The van der Waals surface area contributed by atoms with E-state index in [0.717, 1.165) is 11.1 Å². The van der Waals surface area contributed by atoms with Gasteiger partial charge in [0.25, 0.3) is 5.91 Å². The normalized spacial score (nSPS) is 19.4. The number of carbonyl (C=O) groups excluding carboxylic acids is 1. The fourth-order valence-corrected chi connectivity index (χ4v) is 3.75. The highest BCUT2D eigenvalue weighted by molar-refractivity contribution is 5.92. The number of halogens is 5. The number of amides is 1. The molecule has 13 heteroatoms. The average Bonchev–Trinajstić information content (AvgIpc) is 3.31. The minimum absolute atomic E-state index is 0.105. The molecule has 0 aliphatic carbocycles. The maximum absolute atomic E-state index is 12.6. The third-order valence-electron chi connectivity index (χ3n) is 5.21. The molecule has 0 saturated heterocycles. The zero-order chi connectivity index (χ0) is 24.3. The maximum Gasteiger partial charge on any atom is 0.411 e. The number of benzene rings is 1. The molecule has 0 spiro atoms. The molecule has 8 nitrogen and oxygen atoms in total. The van der Waals surface area contributed by atoms with E-state index in [0.29, 0.717) is 18.6 Å². The summed E-state index contributed by atoms with van der Waals surface area (Å²) in [7, 11) is 0. The lowest BCUT2D eigenvalue weighted by molar-refractivity contribution is -0.177. The molecular formula is C21H22F5N3O5. The average molecular weight is 491 g/mol. The Balaban J connectivity index is 1.28. The third kappa shape index (κ3) is 6.35. The molecular weight excluding hydrogens is 469 g/mol. The van der Waals surface area contributed by atoms with Crippen LogP contribution in [0.3, 0.4) is 0 Å². The molecule has 186 valence electrons. The highest BCUT2D eigenvalue weighted by Gasteiger charge is 2.31. The van der Waals surface area contributed by atoms with Crippen molar-refractivity contribution in [2.45, 2.75) is 44.3 Å². The van der Waals surface area contributed by atoms with Gasteiger partial charge in [0.2, 0.25) is 5.88 Å². The van der Waals surface area contributed by atoms with Crippen LogP contribution in [0.1, 0.15) is 21.6 Å². The predicted molar refractivity (Wildman–Crippen MR) is 106 cm³/mol. The van der Waals surface area contributed by atoms with E-state index in [2.05, 4.69) is 19.9 Å². The molecule has 4 rings (SSSR count). The highest BCUT2D eigenvalue weighted by atomic mass is 19.4. The van der Waals surface area contributed by atoms with Crippen LogP contribution in [0.15, 0.2) is 24.3 Å². The SMILES string of the molecule is O=C(N[C@H]1COc2ccc(CCOC(F)F)cc2C1)c1cc2n(n1)C[C@@H](COCC(F)(F)F)O2. The summed E-state index contributed by atoms with van der Waals surface area (Å²) < 4.78 is 82.3. The van der Waals surface area contributed by atoms with Gasteiger partial charge in [0.1, 0.15) is 25.1 Å². The number of aromatic nitrogens is 2. The zero-order valence-corrected chi connectivity index (χ0v) is 17.8. The number of nitrogens with zero attached hydrogens (tertiary/aromatic N) is 2. The van der Waals surface area contributed by atoms with E-state index in [-0.39, 0.29) is 44.0 Å². The molecule has 0 saturated carbocycles. The van der Waals surface area contributed by atoms with Crippen LogP contribution < -0.4 is 14.8 Å². The van der Waals surface area contributed by atoms with Crippen molar-refractivity contribution in [2.24, 2.45) is 0 Å². The van der Waals surface area contributed by atoms with E-state index < -0.39 is 31.4 Å².